The lowest BCUT2D eigenvalue weighted by Gasteiger charge is -2.02. The lowest BCUT2D eigenvalue weighted by molar-refractivity contribution is 1.48. The van der Waals surface area contributed by atoms with Crippen LogP contribution in [0.3, 0.4) is 0 Å². The maximum atomic E-state index is 3.52. The Kier molecular flexibility index (Phi) is 1.73. The molecule has 3 aromatic carbocycles. The number of hydrogen-bond donors (Lipinski definition) is 2. The molecule has 0 spiro atoms. The molecule has 94 valence electrons. The number of benzene rings is 3. The first kappa shape index (κ1) is 10.1. The largest absolute Gasteiger partial charge is 0.361 e. The summed E-state index contributed by atoms with van der Waals surface area (Å²) in [7, 11) is 0. The summed E-state index contributed by atoms with van der Waals surface area (Å²) in [5.74, 6) is 0. The van der Waals surface area contributed by atoms with Crippen LogP contribution >= 0.6 is 0 Å². The number of aromatic nitrogens is 2. The maximum Gasteiger partial charge on any atom is 0.0471 e. The van der Waals surface area contributed by atoms with Gasteiger partial charge in [0.15, 0.2) is 0 Å². The van der Waals surface area contributed by atoms with Gasteiger partial charge in [-0.1, -0.05) is 30.3 Å². The molecule has 2 aromatic heterocycles. The van der Waals surface area contributed by atoms with E-state index in [-0.39, 0.29) is 0 Å². The monoisotopic (exact) mass is 256 g/mol. The van der Waals surface area contributed by atoms with Crippen molar-refractivity contribution in [3.05, 3.63) is 60.8 Å². The average molecular weight is 256 g/mol. The summed E-state index contributed by atoms with van der Waals surface area (Å²) >= 11 is 0. The van der Waals surface area contributed by atoms with Gasteiger partial charge in [-0.25, -0.2) is 0 Å². The van der Waals surface area contributed by atoms with Crippen molar-refractivity contribution in [1.82, 2.24) is 9.97 Å². The third-order valence-corrected chi connectivity index (χ3v) is 4.18. The van der Waals surface area contributed by atoms with Gasteiger partial charge < -0.3 is 9.97 Å². The molecule has 0 radical (unpaired) electrons. The number of H-pyrrole nitrogens is 2. The highest BCUT2D eigenvalue weighted by molar-refractivity contribution is 6.27. The van der Waals surface area contributed by atoms with Gasteiger partial charge in [-0.3, -0.25) is 0 Å². The van der Waals surface area contributed by atoms with Crippen molar-refractivity contribution < 1.29 is 0 Å². The fourth-order valence-electron chi connectivity index (χ4n) is 3.30. The molecule has 0 fully saturated rings. The van der Waals surface area contributed by atoms with Crippen LogP contribution in [0.4, 0.5) is 0 Å². The van der Waals surface area contributed by atoms with E-state index in [0.29, 0.717) is 0 Å². The molecule has 5 aromatic rings. The summed E-state index contributed by atoms with van der Waals surface area (Å²) in [6.07, 6.45) is 2.01. The molecule has 0 aliphatic heterocycles. The molecule has 0 aliphatic rings. The predicted molar refractivity (Wildman–Crippen MR) is 85.2 cm³/mol. The Hall–Kier alpha value is -2.74. The van der Waals surface area contributed by atoms with Gasteiger partial charge >= 0.3 is 0 Å². The third kappa shape index (κ3) is 1.14. The van der Waals surface area contributed by atoms with Gasteiger partial charge in [0, 0.05) is 44.3 Å². The SMILES string of the molecule is c1ccc2c(c1)[nH]c1ccc3ccc4[nH]ccc4c3c12. The highest BCUT2D eigenvalue weighted by atomic mass is 14.7. The van der Waals surface area contributed by atoms with Crippen LogP contribution in [0, 0.1) is 0 Å². The summed E-state index contributed by atoms with van der Waals surface area (Å²) in [6, 6.07) is 19.4. The molecule has 0 aliphatic carbocycles. The van der Waals surface area contributed by atoms with E-state index in [4.69, 9.17) is 0 Å². The van der Waals surface area contributed by atoms with E-state index in [0.717, 1.165) is 0 Å². The summed E-state index contributed by atoms with van der Waals surface area (Å²) in [5.41, 5.74) is 3.59. The molecule has 20 heavy (non-hydrogen) atoms. The molecule has 0 saturated heterocycles. The average Bonchev–Trinajstić information content (AvgIpc) is 3.10. The zero-order valence-electron chi connectivity index (χ0n) is 10.8. The second kappa shape index (κ2) is 3.42. The van der Waals surface area contributed by atoms with Crippen LogP contribution in [0.25, 0.3) is 43.5 Å². The smallest absolute Gasteiger partial charge is 0.0471 e. The number of rotatable bonds is 0. The van der Waals surface area contributed by atoms with Crippen LogP contribution in [-0.4, -0.2) is 9.97 Å². The van der Waals surface area contributed by atoms with Crippen LogP contribution in [0.1, 0.15) is 0 Å². The standard InChI is InChI=1S/C18H12N2/c1-2-4-15-12(3-1)18-16(20-15)8-6-11-5-7-14-13(17(11)18)9-10-19-14/h1-10,19-20H. The van der Waals surface area contributed by atoms with Crippen molar-refractivity contribution >= 4 is 43.5 Å². The van der Waals surface area contributed by atoms with Crippen molar-refractivity contribution in [2.45, 2.75) is 0 Å². The van der Waals surface area contributed by atoms with E-state index in [9.17, 15) is 0 Å². The van der Waals surface area contributed by atoms with Gasteiger partial charge in [0.2, 0.25) is 0 Å². The van der Waals surface area contributed by atoms with Crippen LogP contribution in [0.2, 0.25) is 0 Å². The first-order valence-electron chi connectivity index (χ1n) is 6.81. The first-order chi connectivity index (χ1) is 9.92. The molecule has 2 heterocycles. The van der Waals surface area contributed by atoms with Crippen molar-refractivity contribution in [2.24, 2.45) is 0 Å². The van der Waals surface area contributed by atoms with Gasteiger partial charge in [-0.05, 0) is 29.7 Å². The lowest BCUT2D eigenvalue weighted by atomic mass is 10.0. The summed E-state index contributed by atoms with van der Waals surface area (Å²) in [5, 5.41) is 6.52. The van der Waals surface area contributed by atoms with Crippen LogP contribution in [0.5, 0.6) is 0 Å². The molecule has 2 heteroatoms. The summed E-state index contributed by atoms with van der Waals surface area (Å²) in [6.45, 7) is 0. The quantitative estimate of drug-likeness (QED) is 0.392. The van der Waals surface area contributed by atoms with Gasteiger partial charge in [0.05, 0.1) is 0 Å². The molecule has 0 atom stereocenters. The molecule has 0 amide bonds. The zero-order valence-corrected chi connectivity index (χ0v) is 10.8. The molecule has 5 rings (SSSR count). The van der Waals surface area contributed by atoms with Crippen molar-refractivity contribution in [3.8, 4) is 0 Å². The Balaban J connectivity index is 2.21. The van der Waals surface area contributed by atoms with E-state index >= 15 is 0 Å². The second-order valence-corrected chi connectivity index (χ2v) is 5.26. The molecule has 0 saturated carbocycles. The molecular formula is C18H12N2. The molecule has 0 bridgehead atoms. The summed E-state index contributed by atoms with van der Waals surface area (Å²) in [4.78, 5) is 6.82. The Morgan fingerprint density at radius 2 is 1.40 bits per heavy atom. The zero-order chi connectivity index (χ0) is 13.1. The minimum absolute atomic E-state index is 1.19. The third-order valence-electron chi connectivity index (χ3n) is 4.18. The van der Waals surface area contributed by atoms with E-state index in [2.05, 4.69) is 64.6 Å². The Labute approximate surface area is 115 Å². The molecule has 2 nitrogen and oxygen atoms in total. The highest BCUT2D eigenvalue weighted by Gasteiger charge is 2.10. The van der Waals surface area contributed by atoms with Gasteiger partial charge in [-0.2, -0.15) is 0 Å². The van der Waals surface area contributed by atoms with Gasteiger partial charge in [0.25, 0.3) is 0 Å². The highest BCUT2D eigenvalue weighted by Crippen LogP contribution is 2.36. The minimum atomic E-state index is 1.19. The first-order valence-corrected chi connectivity index (χ1v) is 6.81. The van der Waals surface area contributed by atoms with Crippen molar-refractivity contribution in [2.75, 3.05) is 0 Å². The Morgan fingerprint density at radius 3 is 2.35 bits per heavy atom. The minimum Gasteiger partial charge on any atom is -0.361 e. The maximum absolute atomic E-state index is 3.52. The topological polar surface area (TPSA) is 31.6 Å². The number of aromatic amines is 2. The molecular weight excluding hydrogens is 244 g/mol. The van der Waals surface area contributed by atoms with E-state index in [1.54, 1.807) is 0 Å². The Bertz CT molecular complexity index is 1100. The van der Waals surface area contributed by atoms with E-state index < -0.39 is 0 Å². The fourth-order valence-corrected chi connectivity index (χ4v) is 3.30. The predicted octanol–water partition coefficient (Wildman–Crippen LogP) is 4.96. The summed E-state index contributed by atoms with van der Waals surface area (Å²) < 4.78 is 0. The van der Waals surface area contributed by atoms with Crippen molar-refractivity contribution in [3.63, 3.8) is 0 Å². The number of para-hydroxylation sites is 1. The fraction of sp³-hybridized carbons (Fsp3) is 0. The number of nitrogens with one attached hydrogen (secondary N) is 2. The van der Waals surface area contributed by atoms with E-state index in [1.807, 2.05) is 6.20 Å². The van der Waals surface area contributed by atoms with Crippen LogP contribution in [0.15, 0.2) is 60.8 Å². The lowest BCUT2D eigenvalue weighted by Crippen LogP contribution is -1.77. The number of hydrogen-bond acceptors (Lipinski definition) is 0. The molecule has 2 N–H and O–H groups in total. The number of fused-ring (bicyclic) bond motifs is 7. The van der Waals surface area contributed by atoms with Crippen LogP contribution in [-0.2, 0) is 0 Å². The van der Waals surface area contributed by atoms with Gasteiger partial charge in [0.1, 0.15) is 0 Å². The van der Waals surface area contributed by atoms with Gasteiger partial charge in [-0.15, -0.1) is 0 Å². The van der Waals surface area contributed by atoms with Crippen molar-refractivity contribution in [1.29, 1.82) is 0 Å². The second-order valence-electron chi connectivity index (χ2n) is 5.26. The Morgan fingerprint density at radius 1 is 0.600 bits per heavy atom. The normalized spacial score (nSPS) is 12.0. The van der Waals surface area contributed by atoms with Crippen LogP contribution < -0.4 is 0 Å². The molecule has 0 unspecified atom stereocenters. The van der Waals surface area contributed by atoms with E-state index in [1.165, 1.54) is 43.5 Å².